The number of esters is 1. The molecule has 0 bridgehead atoms. The molecule has 1 unspecified atom stereocenters. The summed E-state index contributed by atoms with van der Waals surface area (Å²) in [5.41, 5.74) is 0.817. The molecule has 0 N–H and O–H groups in total. The normalized spacial score (nSPS) is 19.7. The predicted octanol–water partition coefficient (Wildman–Crippen LogP) is 1.71. The molecule has 0 radical (unpaired) electrons. The van der Waals surface area contributed by atoms with Crippen LogP contribution in [0.25, 0.3) is 0 Å². The van der Waals surface area contributed by atoms with Crippen molar-refractivity contribution in [3.63, 3.8) is 0 Å². The van der Waals surface area contributed by atoms with Gasteiger partial charge in [-0.05, 0) is 17.7 Å². The maximum atomic E-state index is 11.4. The third-order valence-electron chi connectivity index (χ3n) is 2.21. The molecule has 0 saturated heterocycles. The minimum absolute atomic E-state index is 0.322. The molecule has 0 aliphatic carbocycles. The van der Waals surface area contributed by atoms with E-state index in [-0.39, 0.29) is 5.97 Å². The first-order valence-corrected chi connectivity index (χ1v) is 4.61. The quantitative estimate of drug-likeness (QED) is 0.690. The Bertz CT molecular complexity index is 408. The molecule has 1 atom stereocenters. The number of cyclic esters (lactones) is 1. The van der Waals surface area contributed by atoms with E-state index in [4.69, 9.17) is 9.47 Å². The van der Waals surface area contributed by atoms with Crippen LogP contribution in [0.3, 0.4) is 0 Å². The molecule has 1 aliphatic heterocycles. The lowest BCUT2D eigenvalue weighted by Crippen LogP contribution is -2.07. The summed E-state index contributed by atoms with van der Waals surface area (Å²) < 4.78 is 9.89. The van der Waals surface area contributed by atoms with Gasteiger partial charge in [0.1, 0.15) is 5.75 Å². The van der Waals surface area contributed by atoms with E-state index in [1.54, 1.807) is 26.2 Å². The fourth-order valence-electron chi connectivity index (χ4n) is 1.46. The Balaban J connectivity index is 2.26. The SMILES string of the molecule is COc1ccc(C2N=C(C)OC2=O)cc1. The molecule has 15 heavy (non-hydrogen) atoms. The van der Waals surface area contributed by atoms with Gasteiger partial charge in [0.2, 0.25) is 0 Å². The minimum atomic E-state index is -0.518. The molecule has 0 spiro atoms. The van der Waals surface area contributed by atoms with Crippen molar-refractivity contribution in [3.8, 4) is 5.75 Å². The summed E-state index contributed by atoms with van der Waals surface area (Å²) in [7, 11) is 1.60. The van der Waals surface area contributed by atoms with Crippen LogP contribution < -0.4 is 4.74 Å². The van der Waals surface area contributed by atoms with Gasteiger partial charge in [-0.25, -0.2) is 9.79 Å². The number of hydrogen-bond donors (Lipinski definition) is 0. The van der Waals surface area contributed by atoms with Gasteiger partial charge in [0.05, 0.1) is 7.11 Å². The van der Waals surface area contributed by atoms with Crippen LogP contribution in [0.4, 0.5) is 0 Å². The number of hydrogen-bond acceptors (Lipinski definition) is 4. The van der Waals surface area contributed by atoms with E-state index < -0.39 is 6.04 Å². The molecule has 0 fully saturated rings. The van der Waals surface area contributed by atoms with Crippen LogP contribution in [0, 0.1) is 0 Å². The van der Waals surface area contributed by atoms with Crippen LogP contribution in [0.2, 0.25) is 0 Å². The van der Waals surface area contributed by atoms with E-state index in [0.29, 0.717) is 5.90 Å². The minimum Gasteiger partial charge on any atom is -0.497 e. The molecule has 78 valence electrons. The Morgan fingerprint density at radius 3 is 2.47 bits per heavy atom. The van der Waals surface area contributed by atoms with Crippen LogP contribution in [0.5, 0.6) is 5.75 Å². The number of carbonyl (C=O) groups excluding carboxylic acids is 1. The van der Waals surface area contributed by atoms with Gasteiger partial charge in [-0.1, -0.05) is 12.1 Å². The third-order valence-corrected chi connectivity index (χ3v) is 2.21. The van der Waals surface area contributed by atoms with Crippen LogP contribution in [0.1, 0.15) is 18.5 Å². The number of ether oxygens (including phenoxy) is 2. The van der Waals surface area contributed by atoms with Crippen molar-refractivity contribution in [2.45, 2.75) is 13.0 Å². The summed E-state index contributed by atoms with van der Waals surface area (Å²) in [6, 6.07) is 6.70. The molecule has 1 aromatic carbocycles. The van der Waals surface area contributed by atoms with Gasteiger partial charge in [-0.3, -0.25) is 0 Å². The van der Waals surface area contributed by atoms with Gasteiger partial charge in [-0.2, -0.15) is 0 Å². The predicted molar refractivity (Wildman–Crippen MR) is 54.9 cm³/mol. The molecule has 0 saturated carbocycles. The van der Waals surface area contributed by atoms with Gasteiger partial charge >= 0.3 is 5.97 Å². The number of carbonyl (C=O) groups is 1. The Labute approximate surface area is 87.5 Å². The smallest absolute Gasteiger partial charge is 0.342 e. The average molecular weight is 205 g/mol. The zero-order valence-corrected chi connectivity index (χ0v) is 8.56. The van der Waals surface area contributed by atoms with E-state index in [1.807, 2.05) is 12.1 Å². The highest BCUT2D eigenvalue weighted by atomic mass is 16.6. The number of nitrogens with zero attached hydrogens (tertiary/aromatic N) is 1. The summed E-state index contributed by atoms with van der Waals surface area (Å²) in [4.78, 5) is 15.5. The van der Waals surface area contributed by atoms with Crippen molar-refractivity contribution in [2.75, 3.05) is 7.11 Å². The fraction of sp³-hybridized carbons (Fsp3) is 0.273. The zero-order chi connectivity index (χ0) is 10.8. The van der Waals surface area contributed by atoms with Crippen molar-refractivity contribution >= 4 is 11.9 Å². The maximum Gasteiger partial charge on any atom is 0.342 e. The molecule has 2 rings (SSSR count). The van der Waals surface area contributed by atoms with E-state index in [1.165, 1.54) is 0 Å². The second kappa shape index (κ2) is 3.73. The van der Waals surface area contributed by atoms with Crippen LogP contribution >= 0.6 is 0 Å². The largest absolute Gasteiger partial charge is 0.497 e. The summed E-state index contributed by atoms with van der Waals surface area (Å²) >= 11 is 0. The van der Waals surface area contributed by atoms with Crippen LogP contribution in [-0.4, -0.2) is 19.0 Å². The van der Waals surface area contributed by atoms with Crippen LogP contribution in [0.15, 0.2) is 29.3 Å². The lowest BCUT2D eigenvalue weighted by molar-refractivity contribution is -0.135. The zero-order valence-electron chi connectivity index (χ0n) is 8.56. The van der Waals surface area contributed by atoms with Crippen molar-refractivity contribution in [3.05, 3.63) is 29.8 Å². The first-order chi connectivity index (χ1) is 7.20. The van der Waals surface area contributed by atoms with Gasteiger partial charge < -0.3 is 9.47 Å². The van der Waals surface area contributed by atoms with E-state index in [0.717, 1.165) is 11.3 Å². The van der Waals surface area contributed by atoms with Gasteiger partial charge in [0.25, 0.3) is 0 Å². The summed E-state index contributed by atoms with van der Waals surface area (Å²) in [5, 5.41) is 0. The standard InChI is InChI=1S/C11H11NO3/c1-7-12-10(11(13)15-7)8-3-5-9(14-2)6-4-8/h3-6,10H,1-2H3. The van der Waals surface area contributed by atoms with Gasteiger partial charge in [-0.15, -0.1) is 0 Å². The number of rotatable bonds is 2. The molecular formula is C11H11NO3. The fourth-order valence-corrected chi connectivity index (χ4v) is 1.46. The van der Waals surface area contributed by atoms with Gasteiger partial charge in [0.15, 0.2) is 11.9 Å². The van der Waals surface area contributed by atoms with E-state index in [9.17, 15) is 4.79 Å². The lowest BCUT2D eigenvalue weighted by Gasteiger charge is -2.04. The highest BCUT2D eigenvalue weighted by Crippen LogP contribution is 2.25. The second-order valence-corrected chi connectivity index (χ2v) is 3.24. The van der Waals surface area contributed by atoms with E-state index >= 15 is 0 Å². The first-order valence-electron chi connectivity index (χ1n) is 4.61. The van der Waals surface area contributed by atoms with Crippen molar-refractivity contribution in [1.82, 2.24) is 0 Å². The highest BCUT2D eigenvalue weighted by Gasteiger charge is 2.28. The maximum absolute atomic E-state index is 11.4. The monoisotopic (exact) mass is 205 g/mol. The molecule has 0 aromatic heterocycles. The number of methoxy groups -OCH3 is 1. The molecule has 4 nitrogen and oxygen atoms in total. The number of benzene rings is 1. The molecule has 4 heteroatoms. The third kappa shape index (κ3) is 1.83. The molecule has 1 heterocycles. The summed E-state index contributed by atoms with van der Waals surface area (Å²) in [5.74, 6) is 0.851. The van der Waals surface area contributed by atoms with Crippen molar-refractivity contribution in [2.24, 2.45) is 4.99 Å². The molecule has 0 amide bonds. The Morgan fingerprint density at radius 1 is 1.33 bits per heavy atom. The summed E-state index contributed by atoms with van der Waals surface area (Å²) in [6.45, 7) is 1.67. The Hall–Kier alpha value is -1.84. The van der Waals surface area contributed by atoms with Crippen LogP contribution in [-0.2, 0) is 9.53 Å². The summed E-state index contributed by atoms with van der Waals surface area (Å²) in [6.07, 6.45) is 0. The number of aliphatic imine (C=N–C) groups is 1. The van der Waals surface area contributed by atoms with E-state index in [2.05, 4.69) is 4.99 Å². The van der Waals surface area contributed by atoms with Crippen molar-refractivity contribution in [1.29, 1.82) is 0 Å². The molecule has 1 aromatic rings. The second-order valence-electron chi connectivity index (χ2n) is 3.24. The Morgan fingerprint density at radius 2 is 2.00 bits per heavy atom. The van der Waals surface area contributed by atoms with Crippen molar-refractivity contribution < 1.29 is 14.3 Å². The first kappa shape index (κ1) is 9.71. The Kier molecular flexibility index (Phi) is 2.41. The molecule has 1 aliphatic rings. The lowest BCUT2D eigenvalue weighted by atomic mass is 10.1. The molecular weight excluding hydrogens is 194 g/mol. The average Bonchev–Trinajstić information content (AvgIpc) is 2.58. The highest BCUT2D eigenvalue weighted by molar-refractivity contribution is 5.96. The topological polar surface area (TPSA) is 47.9 Å². The van der Waals surface area contributed by atoms with Gasteiger partial charge in [0, 0.05) is 6.92 Å².